The zero-order valence-corrected chi connectivity index (χ0v) is 54.3. The molecule has 9 rings (SSSR count). The number of rotatable bonds is 3. The van der Waals surface area contributed by atoms with Crippen molar-refractivity contribution in [2.24, 2.45) is 0 Å². The Balaban J connectivity index is 0.000000820. The maximum atomic E-state index is 5.06. The van der Waals surface area contributed by atoms with Crippen molar-refractivity contribution < 1.29 is 98.1 Å². The largest absolute Gasteiger partial charge is 0.394 e. The van der Waals surface area contributed by atoms with E-state index in [1.54, 1.807) is 0 Å². The minimum absolute atomic E-state index is 0. The van der Waals surface area contributed by atoms with Crippen LogP contribution in [-0.4, -0.2) is 0 Å². The van der Waals surface area contributed by atoms with Crippen LogP contribution in [-0.2, 0) is 98.1 Å². The van der Waals surface area contributed by atoms with E-state index in [2.05, 4.69) is 232 Å². The second-order valence-electron chi connectivity index (χ2n) is 17.2. The maximum Gasteiger partial charge on any atom is 0 e. The Morgan fingerprint density at radius 1 is 0.458 bits per heavy atom. The van der Waals surface area contributed by atoms with Crippen LogP contribution < -0.4 is 0 Å². The molecule has 0 saturated heterocycles. The molecule has 0 fully saturated rings. The van der Waals surface area contributed by atoms with E-state index in [-0.39, 0.29) is 98.1 Å². The predicted molar refractivity (Wildman–Crippen MR) is 305 cm³/mol. The molecule has 0 atom stereocenters. The van der Waals surface area contributed by atoms with E-state index < -0.39 is 0 Å². The third-order valence-electron chi connectivity index (χ3n) is 12.4. The molecule has 365 valence electrons. The van der Waals surface area contributed by atoms with Crippen molar-refractivity contribution in [2.75, 3.05) is 0 Å². The molecular weight excluding hydrogens is 1100 g/mol. The van der Waals surface area contributed by atoms with Gasteiger partial charge in [0.05, 0.1) is 0 Å². The Morgan fingerprint density at radius 3 is 1.22 bits per heavy atom. The van der Waals surface area contributed by atoms with Crippen molar-refractivity contribution in [1.82, 2.24) is 0 Å². The quantitative estimate of drug-likeness (QED) is 0.122. The molecule has 0 saturated carbocycles. The second-order valence-corrected chi connectivity index (χ2v) is 17.2. The monoisotopic (exact) mass is 1170 g/mol. The zero-order chi connectivity index (χ0) is 50.7. The van der Waals surface area contributed by atoms with Crippen LogP contribution in [0.15, 0.2) is 193 Å². The summed E-state index contributed by atoms with van der Waals surface area (Å²) in [5.74, 6) is 0. The van der Waals surface area contributed by atoms with Gasteiger partial charge in [-0.15, -0.1) is 54.0 Å². The van der Waals surface area contributed by atoms with Gasteiger partial charge in [0, 0.05) is 98.1 Å². The number of benzene rings is 8. The molecule has 72 heavy (non-hydrogen) atoms. The molecule has 8 aromatic carbocycles. The molecule has 3 radical (unpaired) electrons. The second kappa shape index (κ2) is 37.9. The van der Waals surface area contributed by atoms with Crippen molar-refractivity contribution in [1.29, 1.82) is 0 Å². The molecule has 0 nitrogen and oxygen atoms in total. The summed E-state index contributed by atoms with van der Waals surface area (Å²) in [4.78, 5) is 0. The van der Waals surface area contributed by atoms with Crippen molar-refractivity contribution in [2.45, 2.75) is 103 Å². The van der Waals surface area contributed by atoms with Gasteiger partial charge < -0.3 is 58.7 Å². The fraction of sp³-hybridized carbons (Fsp3) is 0.217. The summed E-state index contributed by atoms with van der Waals surface area (Å²) < 4.78 is 0. The molecular formula is C69H74Y3-6. The molecule has 8 aromatic rings. The molecule has 0 spiro atoms. The number of hydrogen-bond donors (Lipinski definition) is 0. The average Bonchev–Trinajstić information content (AvgIpc) is 3.94. The van der Waals surface area contributed by atoms with Crippen molar-refractivity contribution in [3.63, 3.8) is 0 Å². The molecule has 0 aromatic heterocycles. The van der Waals surface area contributed by atoms with Crippen LogP contribution in [0.2, 0.25) is 0 Å². The van der Waals surface area contributed by atoms with Crippen LogP contribution in [0.25, 0.3) is 37.9 Å². The van der Waals surface area contributed by atoms with Gasteiger partial charge in [-0.2, -0.15) is 24.3 Å². The molecule has 1 aliphatic carbocycles. The van der Waals surface area contributed by atoms with E-state index >= 15 is 0 Å². The zero-order valence-electron chi connectivity index (χ0n) is 45.8. The first kappa shape index (κ1) is 68.3. The number of aryl methyl sites for hydroxylation is 8. The summed E-state index contributed by atoms with van der Waals surface area (Å²) in [5, 5.41) is 8.08. The van der Waals surface area contributed by atoms with Gasteiger partial charge in [-0.25, -0.2) is 12.1 Å². The summed E-state index contributed by atoms with van der Waals surface area (Å²) in [6, 6.07) is 58.1. The first-order chi connectivity index (χ1) is 33.1. The van der Waals surface area contributed by atoms with E-state index in [9.17, 15) is 0 Å². The van der Waals surface area contributed by atoms with E-state index in [4.69, 9.17) is 6.58 Å². The Labute approximate surface area is 513 Å². The SMILES string of the molecule is C[C-]=C(C)C1=[C-]C=CC1.C[C-]=C(C)c1[c-]cccc1.Cc1cc2ccccc2cc1C.Cc1ccc2ccccc2c1C.Cc1ccc2ccccc2c1C.Cc1ccccc1C.[CH-]=CC(C)=[C-]C.[Y].[Y].[Y]. The number of allylic oxidation sites excluding steroid dienone is 11. The van der Waals surface area contributed by atoms with Crippen molar-refractivity contribution in [3.05, 3.63) is 280 Å². The summed E-state index contributed by atoms with van der Waals surface area (Å²) >= 11 is 0. The molecule has 0 aliphatic heterocycles. The van der Waals surface area contributed by atoms with Crippen LogP contribution in [0.4, 0.5) is 0 Å². The van der Waals surface area contributed by atoms with E-state index in [0.717, 1.165) is 23.1 Å². The molecule has 3 heteroatoms. The minimum atomic E-state index is 0. The molecule has 0 unspecified atom stereocenters. The summed E-state index contributed by atoms with van der Waals surface area (Å²) in [6.07, 6.45) is 18.8. The molecule has 0 heterocycles. The van der Waals surface area contributed by atoms with Crippen molar-refractivity contribution >= 4 is 37.9 Å². The van der Waals surface area contributed by atoms with Gasteiger partial charge in [0.25, 0.3) is 0 Å². The van der Waals surface area contributed by atoms with Gasteiger partial charge in [0.15, 0.2) is 0 Å². The van der Waals surface area contributed by atoms with E-state index in [0.29, 0.717) is 0 Å². The fourth-order valence-corrected chi connectivity index (χ4v) is 6.85. The summed E-state index contributed by atoms with van der Waals surface area (Å²) in [6.45, 7) is 34.0. The van der Waals surface area contributed by atoms with Gasteiger partial charge in [-0.05, 0) is 132 Å². The Hall–Kier alpha value is -3.71. The maximum absolute atomic E-state index is 5.06. The first-order valence-corrected chi connectivity index (χ1v) is 23.9. The number of hydrogen-bond acceptors (Lipinski definition) is 0. The van der Waals surface area contributed by atoms with Crippen LogP contribution in [0.5, 0.6) is 0 Å². The van der Waals surface area contributed by atoms with Crippen LogP contribution >= 0.6 is 0 Å². The predicted octanol–water partition coefficient (Wildman–Crippen LogP) is 19.6. The van der Waals surface area contributed by atoms with Gasteiger partial charge in [0.1, 0.15) is 0 Å². The van der Waals surface area contributed by atoms with Gasteiger partial charge in [-0.3, -0.25) is 6.08 Å². The standard InChI is InChI=1S/3C12H12.C10H10.C9H10.C8H10.C6H8.3Y/c1-9-7-11-5-3-4-6-12(11)8-10(9)2;2*1-9-7-8-11-5-3-4-6-12(11)10(9)2;1-3-9(2)10-7-5-4-6-8-10;1-3-8(2)9-6-4-5-7-9;1-7-5-3-4-6-8(7)2;1-4-6(3)5-2;;;/h3*3-8H,1-2H3;4-7H,1-2H3;4-5H,6H2,1-2H3;3-6H,1-2H3;1,4H,2-3H3;;;/q;;;2*-2;;-2;;;. The first-order valence-electron chi connectivity index (χ1n) is 23.9. The van der Waals surface area contributed by atoms with E-state index in [1.807, 2.05) is 65.0 Å². The van der Waals surface area contributed by atoms with Crippen LogP contribution in [0.3, 0.4) is 0 Å². The number of fused-ring (bicyclic) bond motifs is 3. The molecule has 0 N–H and O–H groups in total. The van der Waals surface area contributed by atoms with Gasteiger partial charge >= 0.3 is 0 Å². The molecule has 0 amide bonds. The Kier molecular flexibility index (Phi) is 36.0. The summed E-state index contributed by atoms with van der Waals surface area (Å²) in [7, 11) is 0. The van der Waals surface area contributed by atoms with Gasteiger partial charge in [0.2, 0.25) is 0 Å². The Morgan fingerprint density at radius 2 is 0.875 bits per heavy atom. The third kappa shape index (κ3) is 23.7. The third-order valence-corrected chi connectivity index (χ3v) is 12.4. The topological polar surface area (TPSA) is 0 Å². The van der Waals surface area contributed by atoms with Crippen molar-refractivity contribution in [3.8, 4) is 0 Å². The smallest absolute Gasteiger partial charge is 0 e. The normalized spacial score (nSPS) is 11.1. The van der Waals surface area contributed by atoms with Crippen LogP contribution in [0, 0.1) is 92.3 Å². The summed E-state index contributed by atoms with van der Waals surface area (Å²) in [5.41, 5.74) is 16.8. The van der Waals surface area contributed by atoms with E-state index in [1.165, 1.54) is 94.0 Å². The molecule has 0 bridgehead atoms. The Bertz CT molecular complexity index is 2860. The average molecular weight is 1170 g/mol. The minimum Gasteiger partial charge on any atom is -0.394 e. The fourth-order valence-electron chi connectivity index (χ4n) is 6.85. The van der Waals surface area contributed by atoms with Gasteiger partial charge in [-0.1, -0.05) is 133 Å². The van der Waals surface area contributed by atoms with Crippen LogP contribution in [0.1, 0.15) is 98.0 Å². The molecule has 1 aliphatic rings.